The van der Waals surface area contributed by atoms with Crippen LogP contribution in [0.4, 0.5) is 5.95 Å². The molecule has 0 saturated carbocycles. The maximum absolute atomic E-state index is 12.6. The van der Waals surface area contributed by atoms with E-state index in [1.54, 1.807) is 11.3 Å². The third-order valence-electron chi connectivity index (χ3n) is 5.37. The maximum Gasteiger partial charge on any atom is 0.254 e. The summed E-state index contributed by atoms with van der Waals surface area (Å²) in [6.07, 6.45) is 7.09. The molecule has 0 aliphatic carbocycles. The van der Waals surface area contributed by atoms with Crippen LogP contribution in [0, 0.1) is 12.3 Å². The van der Waals surface area contributed by atoms with E-state index in [9.17, 15) is 4.79 Å². The zero-order valence-electron chi connectivity index (χ0n) is 13.9. The average Bonchev–Trinajstić information content (AvgIpc) is 3.27. The molecule has 0 radical (unpaired) electrons. The van der Waals surface area contributed by atoms with Gasteiger partial charge in [0.25, 0.3) is 5.91 Å². The molecule has 4 rings (SSSR count). The summed E-state index contributed by atoms with van der Waals surface area (Å²) in [5.74, 6) is 1.03. The van der Waals surface area contributed by atoms with Gasteiger partial charge in [-0.2, -0.15) is 11.3 Å². The normalized spacial score (nSPS) is 19.9. The smallest absolute Gasteiger partial charge is 0.254 e. The lowest BCUT2D eigenvalue weighted by molar-refractivity contribution is 0.0765. The SMILES string of the molecule is Cc1cnc(N2CCC3(CCN(C(=O)c4ccsc4)C3)CC2)nc1. The molecule has 126 valence electrons. The van der Waals surface area contributed by atoms with Crippen LogP contribution in [-0.4, -0.2) is 47.0 Å². The number of hydrogen-bond donors (Lipinski definition) is 0. The number of carbonyl (C=O) groups is 1. The summed E-state index contributed by atoms with van der Waals surface area (Å²) in [6, 6.07) is 1.93. The van der Waals surface area contributed by atoms with Gasteiger partial charge in [0, 0.05) is 44.0 Å². The zero-order valence-corrected chi connectivity index (χ0v) is 14.8. The molecule has 0 bridgehead atoms. The van der Waals surface area contributed by atoms with Crippen molar-refractivity contribution in [1.82, 2.24) is 14.9 Å². The Morgan fingerprint density at radius 3 is 2.54 bits per heavy atom. The first-order chi connectivity index (χ1) is 11.7. The van der Waals surface area contributed by atoms with E-state index >= 15 is 0 Å². The van der Waals surface area contributed by atoms with Gasteiger partial charge >= 0.3 is 0 Å². The Morgan fingerprint density at radius 1 is 1.17 bits per heavy atom. The molecule has 0 aromatic carbocycles. The van der Waals surface area contributed by atoms with Crippen molar-refractivity contribution in [2.24, 2.45) is 5.41 Å². The molecule has 24 heavy (non-hydrogen) atoms. The van der Waals surface area contributed by atoms with Crippen molar-refractivity contribution in [3.05, 3.63) is 40.3 Å². The lowest BCUT2D eigenvalue weighted by Gasteiger charge is -2.39. The Bertz CT molecular complexity index is 705. The van der Waals surface area contributed by atoms with E-state index in [0.717, 1.165) is 62.5 Å². The van der Waals surface area contributed by atoms with Gasteiger partial charge in [0.2, 0.25) is 5.95 Å². The summed E-state index contributed by atoms with van der Waals surface area (Å²) in [6.45, 7) is 5.74. The van der Waals surface area contributed by atoms with Crippen molar-refractivity contribution in [2.45, 2.75) is 26.2 Å². The Labute approximate surface area is 146 Å². The summed E-state index contributed by atoms with van der Waals surface area (Å²) < 4.78 is 0. The lowest BCUT2D eigenvalue weighted by Crippen LogP contribution is -2.42. The van der Waals surface area contributed by atoms with Gasteiger partial charge in [0.1, 0.15) is 0 Å². The molecular weight excluding hydrogens is 320 g/mol. The molecule has 2 aliphatic rings. The van der Waals surface area contributed by atoms with Crippen LogP contribution in [0.3, 0.4) is 0 Å². The second-order valence-electron chi connectivity index (χ2n) is 7.04. The molecule has 4 heterocycles. The Kier molecular flexibility index (Phi) is 4.00. The van der Waals surface area contributed by atoms with Gasteiger partial charge in [0.15, 0.2) is 0 Å². The Morgan fingerprint density at radius 2 is 1.88 bits per heavy atom. The van der Waals surface area contributed by atoms with Gasteiger partial charge in [-0.15, -0.1) is 0 Å². The third-order valence-corrected chi connectivity index (χ3v) is 6.05. The standard InChI is InChI=1S/C18H22N4OS/c1-14-10-19-17(20-11-14)21-6-3-18(4-7-21)5-8-22(13-18)16(23)15-2-9-24-12-15/h2,9-12H,3-8,13H2,1H3. The van der Waals surface area contributed by atoms with Gasteiger partial charge in [-0.25, -0.2) is 9.97 Å². The van der Waals surface area contributed by atoms with Crippen LogP contribution in [0.2, 0.25) is 0 Å². The minimum Gasteiger partial charge on any atom is -0.341 e. The minimum atomic E-state index is 0.192. The van der Waals surface area contributed by atoms with E-state index < -0.39 is 0 Å². The predicted molar refractivity (Wildman–Crippen MR) is 95.5 cm³/mol. The van der Waals surface area contributed by atoms with E-state index in [0.29, 0.717) is 0 Å². The number of nitrogens with zero attached hydrogens (tertiary/aromatic N) is 4. The number of carbonyl (C=O) groups excluding carboxylic acids is 1. The second-order valence-corrected chi connectivity index (χ2v) is 7.82. The number of rotatable bonds is 2. The summed E-state index contributed by atoms with van der Waals surface area (Å²) in [5, 5.41) is 3.92. The molecule has 1 spiro atoms. The van der Waals surface area contributed by atoms with Gasteiger partial charge in [0.05, 0.1) is 5.56 Å². The number of hydrogen-bond acceptors (Lipinski definition) is 5. The van der Waals surface area contributed by atoms with Crippen LogP contribution in [0.15, 0.2) is 29.2 Å². The van der Waals surface area contributed by atoms with Crippen LogP contribution in [0.1, 0.15) is 35.2 Å². The topological polar surface area (TPSA) is 49.3 Å². The highest BCUT2D eigenvalue weighted by Gasteiger charge is 2.42. The first-order valence-electron chi connectivity index (χ1n) is 8.50. The van der Waals surface area contributed by atoms with Crippen molar-refractivity contribution >= 4 is 23.2 Å². The molecule has 0 atom stereocenters. The first kappa shape index (κ1) is 15.6. The minimum absolute atomic E-state index is 0.192. The molecule has 2 fully saturated rings. The van der Waals surface area contributed by atoms with E-state index in [1.165, 1.54) is 0 Å². The van der Waals surface area contributed by atoms with Gasteiger partial charge in [-0.05, 0) is 48.6 Å². The fourth-order valence-corrected chi connectivity index (χ4v) is 4.45. The van der Waals surface area contributed by atoms with Crippen LogP contribution in [0.5, 0.6) is 0 Å². The number of thiophene rings is 1. The Balaban J connectivity index is 1.39. The quantitative estimate of drug-likeness (QED) is 0.842. The van der Waals surface area contributed by atoms with Gasteiger partial charge in [-0.3, -0.25) is 4.79 Å². The summed E-state index contributed by atoms with van der Waals surface area (Å²) in [5.41, 5.74) is 2.21. The average molecular weight is 342 g/mol. The predicted octanol–water partition coefficient (Wildman–Crippen LogP) is 2.98. The van der Waals surface area contributed by atoms with Crippen LogP contribution < -0.4 is 4.90 Å². The largest absolute Gasteiger partial charge is 0.341 e. The summed E-state index contributed by atoms with van der Waals surface area (Å²) in [4.78, 5) is 25.8. The lowest BCUT2D eigenvalue weighted by atomic mass is 9.78. The number of aromatic nitrogens is 2. The number of anilines is 1. The van der Waals surface area contributed by atoms with Crippen molar-refractivity contribution in [3.63, 3.8) is 0 Å². The maximum atomic E-state index is 12.6. The Hall–Kier alpha value is -1.95. The van der Waals surface area contributed by atoms with Crippen molar-refractivity contribution < 1.29 is 4.79 Å². The molecule has 0 unspecified atom stereocenters. The number of likely N-dealkylation sites (tertiary alicyclic amines) is 1. The van der Waals surface area contributed by atoms with Crippen molar-refractivity contribution in [2.75, 3.05) is 31.1 Å². The number of aryl methyl sites for hydroxylation is 1. The molecular formula is C18H22N4OS. The molecule has 6 heteroatoms. The highest BCUT2D eigenvalue weighted by Crippen LogP contribution is 2.41. The first-order valence-corrected chi connectivity index (χ1v) is 9.45. The van der Waals surface area contributed by atoms with E-state index in [-0.39, 0.29) is 11.3 Å². The monoisotopic (exact) mass is 342 g/mol. The van der Waals surface area contributed by atoms with Gasteiger partial charge < -0.3 is 9.80 Å². The van der Waals surface area contributed by atoms with Crippen LogP contribution in [0.25, 0.3) is 0 Å². The highest BCUT2D eigenvalue weighted by molar-refractivity contribution is 7.08. The summed E-state index contributed by atoms with van der Waals surface area (Å²) in [7, 11) is 0. The molecule has 0 N–H and O–H groups in total. The van der Waals surface area contributed by atoms with Gasteiger partial charge in [-0.1, -0.05) is 0 Å². The molecule has 2 saturated heterocycles. The molecule has 2 aromatic heterocycles. The second kappa shape index (κ2) is 6.16. The number of amides is 1. The molecule has 1 amide bonds. The zero-order chi connectivity index (χ0) is 16.6. The molecule has 5 nitrogen and oxygen atoms in total. The van der Waals surface area contributed by atoms with E-state index in [1.807, 2.05) is 41.0 Å². The highest BCUT2D eigenvalue weighted by atomic mass is 32.1. The van der Waals surface area contributed by atoms with E-state index in [4.69, 9.17) is 0 Å². The molecule has 2 aliphatic heterocycles. The van der Waals surface area contributed by atoms with Crippen molar-refractivity contribution in [3.8, 4) is 0 Å². The number of piperidine rings is 1. The van der Waals surface area contributed by atoms with Crippen molar-refractivity contribution in [1.29, 1.82) is 0 Å². The van der Waals surface area contributed by atoms with E-state index in [2.05, 4.69) is 14.9 Å². The van der Waals surface area contributed by atoms with Crippen LogP contribution in [-0.2, 0) is 0 Å². The van der Waals surface area contributed by atoms with Crippen LogP contribution >= 0.6 is 11.3 Å². The fraction of sp³-hybridized carbons (Fsp3) is 0.500. The molecule has 2 aromatic rings. The fourth-order valence-electron chi connectivity index (χ4n) is 3.82. The third kappa shape index (κ3) is 2.90. The summed E-state index contributed by atoms with van der Waals surface area (Å²) >= 11 is 1.58.